The Kier molecular flexibility index (Phi) is 11.8. The first-order valence-electron chi connectivity index (χ1n) is 12.9. The van der Waals surface area contributed by atoms with E-state index in [2.05, 4.69) is 52.5 Å². The first kappa shape index (κ1) is 29.2. The van der Waals surface area contributed by atoms with E-state index in [0.717, 1.165) is 56.6 Å². The summed E-state index contributed by atoms with van der Waals surface area (Å²) >= 11 is 8.51. The predicted molar refractivity (Wildman–Crippen MR) is 149 cm³/mol. The van der Waals surface area contributed by atoms with Gasteiger partial charge in [-0.2, -0.15) is 25.3 Å². The van der Waals surface area contributed by atoms with Gasteiger partial charge in [-0.1, -0.05) is 24.2 Å². The van der Waals surface area contributed by atoms with Crippen molar-refractivity contribution < 1.29 is 19.1 Å². The van der Waals surface area contributed by atoms with Crippen LogP contribution in [0.25, 0.3) is 0 Å². The number of benzene rings is 1. The first-order chi connectivity index (χ1) is 17.4. The minimum Gasteiger partial charge on any atom is -0.399 e. The van der Waals surface area contributed by atoms with E-state index in [1.165, 1.54) is 12.1 Å². The second kappa shape index (κ2) is 14.6. The highest BCUT2D eigenvalue weighted by molar-refractivity contribution is 7.80. The van der Waals surface area contributed by atoms with Gasteiger partial charge in [0.25, 0.3) is 0 Å². The quantitative estimate of drug-likeness (QED) is 0.166. The third kappa shape index (κ3) is 7.37. The zero-order chi connectivity index (χ0) is 26.1. The molecule has 0 aromatic heterocycles. The van der Waals surface area contributed by atoms with Crippen LogP contribution in [0.2, 0.25) is 0 Å². The number of aliphatic hydroxyl groups is 1. The Morgan fingerprint density at radius 1 is 1.25 bits per heavy atom. The summed E-state index contributed by atoms with van der Waals surface area (Å²) in [5, 5.41) is 18.4. The molecule has 36 heavy (non-hydrogen) atoms. The van der Waals surface area contributed by atoms with Crippen LogP contribution in [-0.2, 0) is 9.63 Å². The van der Waals surface area contributed by atoms with Gasteiger partial charge in [0, 0.05) is 49.1 Å². The maximum absolute atomic E-state index is 13.7. The first-order valence-corrected chi connectivity index (χ1v) is 14.2. The molecule has 0 radical (unpaired) electrons. The summed E-state index contributed by atoms with van der Waals surface area (Å²) in [6.45, 7) is 5.31. The number of carbonyl (C=O) groups excluding carboxylic acids is 1. The molecular formula is C26H41FN4O3S2. The van der Waals surface area contributed by atoms with Gasteiger partial charge in [-0.15, -0.1) is 0 Å². The molecule has 0 spiro atoms. The molecule has 10 heteroatoms. The number of thiol groups is 2. The summed E-state index contributed by atoms with van der Waals surface area (Å²) in [6.07, 6.45) is 2.73. The van der Waals surface area contributed by atoms with Crippen molar-refractivity contribution in [1.82, 2.24) is 15.1 Å². The number of nitrogens with zero attached hydrogens (tertiary/aromatic N) is 3. The number of halogens is 1. The highest BCUT2D eigenvalue weighted by atomic mass is 32.1. The number of fused-ring (bicyclic) bond motifs is 2. The van der Waals surface area contributed by atoms with Crippen molar-refractivity contribution in [3.8, 4) is 0 Å². The lowest BCUT2D eigenvalue weighted by molar-refractivity contribution is -0.122. The van der Waals surface area contributed by atoms with Crippen LogP contribution in [0.4, 0.5) is 4.39 Å². The number of piperidine rings is 1. The Balaban J connectivity index is 1.74. The van der Waals surface area contributed by atoms with Gasteiger partial charge in [0.05, 0.1) is 18.4 Å². The van der Waals surface area contributed by atoms with Gasteiger partial charge in [-0.3, -0.25) is 14.6 Å². The van der Waals surface area contributed by atoms with Crippen LogP contribution in [0.1, 0.15) is 44.1 Å². The lowest BCUT2D eigenvalue weighted by atomic mass is 9.72. The summed E-state index contributed by atoms with van der Waals surface area (Å²) in [7, 11) is 1.56. The number of oxime groups is 1. The van der Waals surface area contributed by atoms with Crippen LogP contribution in [0.3, 0.4) is 0 Å². The Hall–Kier alpha value is -1.33. The SMILES string of the molecule is CC/C(=N\OC)[C@@H]1C2C(O)CC(C[C@@H]1c1ccc(F)cc1)N2CCCN(CCS)CC(=O)NCCS. The second-order valence-electron chi connectivity index (χ2n) is 9.65. The third-order valence-corrected chi connectivity index (χ3v) is 7.87. The van der Waals surface area contributed by atoms with E-state index in [1.54, 1.807) is 7.11 Å². The predicted octanol–water partition coefficient (Wildman–Crippen LogP) is 2.81. The normalized spacial score (nSPS) is 26.4. The fraction of sp³-hybridized carbons (Fsp3) is 0.692. The Morgan fingerprint density at radius 3 is 2.64 bits per heavy atom. The molecule has 0 aliphatic carbocycles. The molecular weight excluding hydrogens is 499 g/mol. The summed E-state index contributed by atoms with van der Waals surface area (Å²) in [6, 6.07) is 6.92. The molecule has 1 aromatic carbocycles. The van der Waals surface area contributed by atoms with E-state index in [1.807, 2.05) is 12.1 Å². The van der Waals surface area contributed by atoms with Crippen molar-refractivity contribution in [1.29, 1.82) is 0 Å². The van der Waals surface area contributed by atoms with Gasteiger partial charge >= 0.3 is 0 Å². The van der Waals surface area contributed by atoms with E-state index in [-0.39, 0.29) is 35.6 Å². The molecule has 1 amide bonds. The molecule has 0 saturated carbocycles. The average Bonchev–Trinajstić information content (AvgIpc) is 3.07. The van der Waals surface area contributed by atoms with Crippen LogP contribution in [0.5, 0.6) is 0 Å². The van der Waals surface area contributed by atoms with Crippen LogP contribution in [0, 0.1) is 11.7 Å². The summed E-state index contributed by atoms with van der Waals surface area (Å²) in [5.41, 5.74) is 2.01. The topological polar surface area (TPSA) is 77.4 Å². The molecule has 3 unspecified atom stereocenters. The molecule has 2 aliphatic rings. The van der Waals surface area contributed by atoms with E-state index < -0.39 is 6.10 Å². The number of carbonyl (C=O) groups is 1. The number of nitrogens with one attached hydrogen (secondary N) is 1. The molecule has 2 N–H and O–H groups in total. The largest absolute Gasteiger partial charge is 0.399 e. The zero-order valence-corrected chi connectivity index (χ0v) is 23.1. The third-order valence-electron chi connectivity index (χ3n) is 7.45. The van der Waals surface area contributed by atoms with Gasteiger partial charge in [0.2, 0.25) is 5.91 Å². The standard InChI is InChI=1S/C26H41FN4O3S2/c1-3-22(29-34-2)25-21(18-5-7-19(27)8-6-18)15-20-16-23(32)26(25)31(20)11-4-10-30(12-14-36)17-24(33)28-9-13-35/h5-8,20-21,23,25-26,32,35-36H,3-4,9-17H2,1-2H3,(H,28,33)/b29-22+/t20?,21-,23?,25-,26?/m1/s1. The molecule has 2 bridgehead atoms. The lowest BCUT2D eigenvalue weighted by Crippen LogP contribution is -2.53. The Labute approximate surface area is 225 Å². The summed E-state index contributed by atoms with van der Waals surface area (Å²) in [5.74, 6) is 1.17. The molecule has 2 heterocycles. The van der Waals surface area contributed by atoms with Crippen molar-refractivity contribution in [2.45, 2.75) is 56.7 Å². The average molecular weight is 541 g/mol. The molecule has 2 aliphatic heterocycles. The monoisotopic (exact) mass is 540 g/mol. The summed E-state index contributed by atoms with van der Waals surface area (Å²) < 4.78 is 13.7. The molecule has 7 nitrogen and oxygen atoms in total. The Bertz CT molecular complexity index is 860. The molecule has 3 rings (SSSR count). The number of aliphatic hydroxyl groups excluding tert-OH is 1. The fourth-order valence-electron chi connectivity index (χ4n) is 6.01. The number of hydrogen-bond donors (Lipinski definition) is 4. The Morgan fingerprint density at radius 2 is 2.00 bits per heavy atom. The molecule has 5 atom stereocenters. The van der Waals surface area contributed by atoms with E-state index in [9.17, 15) is 14.3 Å². The van der Waals surface area contributed by atoms with E-state index in [0.29, 0.717) is 24.6 Å². The highest BCUT2D eigenvalue weighted by Gasteiger charge is 2.53. The molecule has 2 fully saturated rings. The van der Waals surface area contributed by atoms with Crippen molar-refractivity contribution in [3.63, 3.8) is 0 Å². The smallest absolute Gasteiger partial charge is 0.234 e. The lowest BCUT2D eigenvalue weighted by Gasteiger charge is -2.45. The fourth-order valence-corrected chi connectivity index (χ4v) is 6.40. The van der Waals surface area contributed by atoms with Gasteiger partial charge in [-0.05, 0) is 55.8 Å². The molecule has 1 aromatic rings. The van der Waals surface area contributed by atoms with Crippen molar-refractivity contribution in [2.24, 2.45) is 11.1 Å². The van der Waals surface area contributed by atoms with Gasteiger partial charge < -0.3 is 15.3 Å². The van der Waals surface area contributed by atoms with Crippen molar-refractivity contribution >= 4 is 36.9 Å². The van der Waals surface area contributed by atoms with Crippen LogP contribution < -0.4 is 5.32 Å². The van der Waals surface area contributed by atoms with Crippen LogP contribution in [0.15, 0.2) is 29.4 Å². The maximum atomic E-state index is 13.7. The molecule has 202 valence electrons. The zero-order valence-electron chi connectivity index (χ0n) is 21.4. The second-order valence-corrected chi connectivity index (χ2v) is 10.5. The van der Waals surface area contributed by atoms with Gasteiger partial charge in [0.1, 0.15) is 12.9 Å². The van der Waals surface area contributed by atoms with Gasteiger partial charge in [0.15, 0.2) is 0 Å². The number of rotatable bonds is 14. The van der Waals surface area contributed by atoms with Crippen LogP contribution >= 0.6 is 25.3 Å². The molecule has 2 saturated heterocycles. The van der Waals surface area contributed by atoms with Crippen LogP contribution in [-0.4, -0.2) is 96.1 Å². The van der Waals surface area contributed by atoms with Gasteiger partial charge in [-0.25, -0.2) is 4.39 Å². The minimum atomic E-state index is -0.459. The number of hydrogen-bond acceptors (Lipinski definition) is 8. The summed E-state index contributed by atoms with van der Waals surface area (Å²) in [4.78, 5) is 22.0. The van der Waals surface area contributed by atoms with Crippen molar-refractivity contribution in [3.05, 3.63) is 35.6 Å². The number of amides is 1. The highest BCUT2D eigenvalue weighted by Crippen LogP contribution is 2.48. The van der Waals surface area contributed by atoms with E-state index >= 15 is 0 Å². The maximum Gasteiger partial charge on any atom is 0.234 e. The minimum absolute atomic E-state index is 0.00451. The van der Waals surface area contributed by atoms with Crippen molar-refractivity contribution in [2.75, 3.05) is 51.3 Å². The van der Waals surface area contributed by atoms with E-state index in [4.69, 9.17) is 4.84 Å².